The number of fused-ring (bicyclic) bond motifs is 1. The van der Waals surface area contributed by atoms with Gasteiger partial charge in [0.15, 0.2) is 6.23 Å². The fourth-order valence-corrected chi connectivity index (χ4v) is 4.85. The van der Waals surface area contributed by atoms with Crippen LogP contribution in [-0.4, -0.2) is 35.6 Å². The Balaban J connectivity index is 1.62. The van der Waals surface area contributed by atoms with Crippen molar-refractivity contribution in [2.45, 2.75) is 17.5 Å². The van der Waals surface area contributed by atoms with E-state index in [0.29, 0.717) is 23.5 Å². The molecule has 0 saturated heterocycles. The molecule has 1 atom stereocenters. The molecule has 1 aliphatic rings. The maximum atomic E-state index is 13.3. The third-order valence-electron chi connectivity index (χ3n) is 4.81. The van der Waals surface area contributed by atoms with Gasteiger partial charge in [0.05, 0.1) is 4.90 Å². The minimum atomic E-state index is -4.02. The summed E-state index contributed by atoms with van der Waals surface area (Å²) in [6.45, 7) is 0.109. The molecule has 2 N–H and O–H groups in total. The van der Waals surface area contributed by atoms with Gasteiger partial charge >= 0.3 is 6.09 Å². The SMILES string of the molecule is O=C(NO)OC1c2ccccc2CCN1S(=O)(=O)c1ccc(Oc2ccncc2)cc1. The average Bonchev–Trinajstić information content (AvgIpc) is 2.80. The number of carbonyl (C=O) groups is 1. The van der Waals surface area contributed by atoms with Crippen molar-refractivity contribution in [2.24, 2.45) is 0 Å². The van der Waals surface area contributed by atoms with Crippen LogP contribution in [0.25, 0.3) is 0 Å². The minimum absolute atomic E-state index is 0.0203. The molecule has 1 amide bonds. The quantitative estimate of drug-likeness (QED) is 0.461. The van der Waals surface area contributed by atoms with Gasteiger partial charge in [0.2, 0.25) is 10.0 Å². The van der Waals surface area contributed by atoms with Crippen molar-refractivity contribution in [2.75, 3.05) is 6.54 Å². The molecule has 1 aliphatic heterocycles. The second-order valence-electron chi connectivity index (χ2n) is 6.69. The van der Waals surface area contributed by atoms with E-state index in [1.165, 1.54) is 17.6 Å². The van der Waals surface area contributed by atoms with Crippen molar-refractivity contribution < 1.29 is 27.9 Å². The van der Waals surface area contributed by atoms with E-state index >= 15 is 0 Å². The molecule has 1 unspecified atom stereocenters. The second-order valence-corrected chi connectivity index (χ2v) is 8.58. The number of carbonyl (C=O) groups excluding carboxylic acids is 1. The lowest BCUT2D eigenvalue weighted by Gasteiger charge is -2.35. The Kier molecular flexibility index (Phi) is 5.85. The lowest BCUT2D eigenvalue weighted by molar-refractivity contribution is 0.00236. The van der Waals surface area contributed by atoms with E-state index in [1.807, 2.05) is 12.1 Å². The molecule has 1 aromatic heterocycles. The van der Waals surface area contributed by atoms with Crippen LogP contribution in [0, 0.1) is 0 Å². The van der Waals surface area contributed by atoms with E-state index in [0.717, 1.165) is 9.87 Å². The highest BCUT2D eigenvalue weighted by atomic mass is 32.2. The van der Waals surface area contributed by atoms with Crippen molar-refractivity contribution in [1.82, 2.24) is 14.8 Å². The first-order valence-corrected chi connectivity index (χ1v) is 10.8. The van der Waals surface area contributed by atoms with Crippen LogP contribution in [-0.2, 0) is 21.2 Å². The van der Waals surface area contributed by atoms with Crippen LogP contribution in [0.15, 0.2) is 78.0 Å². The third kappa shape index (κ3) is 4.36. The zero-order valence-electron chi connectivity index (χ0n) is 16.2. The highest BCUT2D eigenvalue weighted by molar-refractivity contribution is 7.89. The summed E-state index contributed by atoms with van der Waals surface area (Å²) in [5, 5.41) is 8.86. The number of benzene rings is 2. The van der Waals surface area contributed by atoms with Gasteiger partial charge in [-0.15, -0.1) is 0 Å². The number of hydroxylamine groups is 1. The zero-order valence-corrected chi connectivity index (χ0v) is 17.0. The molecule has 0 radical (unpaired) electrons. The zero-order chi connectivity index (χ0) is 21.8. The number of hydrogen-bond acceptors (Lipinski definition) is 7. The lowest BCUT2D eigenvalue weighted by Crippen LogP contribution is -2.43. The second kappa shape index (κ2) is 8.72. The van der Waals surface area contributed by atoms with E-state index in [-0.39, 0.29) is 11.4 Å². The van der Waals surface area contributed by atoms with Gasteiger partial charge in [-0.05, 0) is 48.4 Å². The molecule has 0 aliphatic carbocycles. The van der Waals surface area contributed by atoms with Crippen molar-refractivity contribution >= 4 is 16.1 Å². The lowest BCUT2D eigenvalue weighted by atomic mass is 10.00. The molecule has 0 saturated carbocycles. The topological polar surface area (TPSA) is 118 Å². The normalized spacial score (nSPS) is 16.2. The van der Waals surface area contributed by atoms with Crippen LogP contribution in [0.1, 0.15) is 17.4 Å². The summed E-state index contributed by atoms with van der Waals surface area (Å²) in [7, 11) is -4.02. The average molecular weight is 441 g/mol. The molecular formula is C21H19N3O6S. The number of amides is 1. The highest BCUT2D eigenvalue weighted by Gasteiger charge is 2.38. The van der Waals surface area contributed by atoms with Gasteiger partial charge < -0.3 is 9.47 Å². The Morgan fingerprint density at radius 2 is 1.71 bits per heavy atom. The fraction of sp³-hybridized carbons (Fsp3) is 0.143. The molecule has 9 nitrogen and oxygen atoms in total. The maximum absolute atomic E-state index is 13.3. The van der Waals surface area contributed by atoms with E-state index in [1.54, 1.807) is 48.8 Å². The summed E-state index contributed by atoms with van der Waals surface area (Å²) < 4.78 is 38.7. The standard InChI is InChI=1S/C21H19N3O6S/c25-21(23-26)30-20-19-4-2-1-3-15(19)11-14-24(20)31(27,28)18-7-5-16(6-8-18)29-17-9-12-22-13-10-17/h1-10,12-13,20,26H,11,14H2,(H,23,25). The first-order chi connectivity index (χ1) is 15.0. The van der Waals surface area contributed by atoms with Gasteiger partial charge in [-0.25, -0.2) is 18.7 Å². The monoisotopic (exact) mass is 441 g/mol. The molecule has 3 aromatic rings. The molecule has 0 fully saturated rings. The molecule has 2 heterocycles. The first-order valence-electron chi connectivity index (χ1n) is 9.37. The maximum Gasteiger partial charge on any atom is 0.432 e. The highest BCUT2D eigenvalue weighted by Crippen LogP contribution is 2.35. The molecule has 10 heteroatoms. The number of nitrogens with zero attached hydrogens (tertiary/aromatic N) is 2. The Labute approximate surface area is 178 Å². The van der Waals surface area contributed by atoms with Crippen molar-refractivity contribution in [3.63, 3.8) is 0 Å². The van der Waals surface area contributed by atoms with E-state index in [4.69, 9.17) is 14.7 Å². The Morgan fingerprint density at radius 3 is 2.42 bits per heavy atom. The summed E-state index contributed by atoms with van der Waals surface area (Å²) in [4.78, 5) is 15.6. The van der Waals surface area contributed by atoms with Crippen molar-refractivity contribution in [3.05, 3.63) is 84.2 Å². The number of nitrogens with one attached hydrogen (secondary N) is 1. The van der Waals surface area contributed by atoms with Crippen LogP contribution in [0.4, 0.5) is 4.79 Å². The molecular weight excluding hydrogens is 422 g/mol. The van der Waals surface area contributed by atoms with Gasteiger partial charge in [-0.1, -0.05) is 24.3 Å². The number of aromatic nitrogens is 1. The number of ether oxygens (including phenoxy) is 2. The molecule has 160 valence electrons. The van der Waals surface area contributed by atoms with Gasteiger partial charge in [0.25, 0.3) is 0 Å². The van der Waals surface area contributed by atoms with E-state index in [2.05, 4.69) is 4.98 Å². The van der Waals surface area contributed by atoms with Crippen LogP contribution >= 0.6 is 0 Å². The summed E-state index contributed by atoms with van der Waals surface area (Å²) >= 11 is 0. The smallest absolute Gasteiger partial charge is 0.432 e. The van der Waals surface area contributed by atoms with E-state index in [9.17, 15) is 13.2 Å². The number of rotatable bonds is 5. The molecule has 31 heavy (non-hydrogen) atoms. The van der Waals surface area contributed by atoms with Crippen LogP contribution in [0.3, 0.4) is 0 Å². The first kappa shape index (κ1) is 20.8. The summed E-state index contributed by atoms with van der Waals surface area (Å²) in [5.41, 5.74) is 2.79. The van der Waals surface area contributed by atoms with Crippen LogP contribution < -0.4 is 10.2 Å². The number of hydrogen-bond donors (Lipinski definition) is 2. The van der Waals surface area contributed by atoms with Crippen LogP contribution in [0.2, 0.25) is 0 Å². The molecule has 0 spiro atoms. The number of sulfonamides is 1. The summed E-state index contributed by atoms with van der Waals surface area (Å²) in [6.07, 6.45) is 1.27. The minimum Gasteiger partial charge on any atom is -0.457 e. The molecule has 0 bridgehead atoms. The number of pyridine rings is 1. The Morgan fingerprint density at radius 1 is 1.03 bits per heavy atom. The molecule has 4 rings (SSSR count). The third-order valence-corrected chi connectivity index (χ3v) is 6.67. The summed E-state index contributed by atoms with van der Waals surface area (Å²) in [5.74, 6) is 1.03. The predicted octanol–water partition coefficient (Wildman–Crippen LogP) is 3.23. The molecule has 2 aromatic carbocycles. The largest absolute Gasteiger partial charge is 0.457 e. The van der Waals surface area contributed by atoms with Gasteiger partial charge in [0, 0.05) is 24.5 Å². The van der Waals surface area contributed by atoms with Gasteiger partial charge in [0.1, 0.15) is 11.5 Å². The predicted molar refractivity (Wildman–Crippen MR) is 109 cm³/mol. The Bertz CT molecular complexity index is 1170. The summed E-state index contributed by atoms with van der Waals surface area (Å²) in [6, 6.07) is 16.4. The van der Waals surface area contributed by atoms with Crippen LogP contribution in [0.5, 0.6) is 11.5 Å². The van der Waals surface area contributed by atoms with Crippen molar-refractivity contribution in [1.29, 1.82) is 0 Å². The fourth-order valence-electron chi connectivity index (χ4n) is 3.36. The van der Waals surface area contributed by atoms with Gasteiger partial charge in [-0.2, -0.15) is 4.31 Å². The van der Waals surface area contributed by atoms with E-state index < -0.39 is 22.3 Å². The Hall–Kier alpha value is -3.47. The van der Waals surface area contributed by atoms with Gasteiger partial charge in [-0.3, -0.25) is 10.2 Å². The van der Waals surface area contributed by atoms with Crippen molar-refractivity contribution in [3.8, 4) is 11.5 Å².